The van der Waals surface area contributed by atoms with Gasteiger partial charge in [-0.15, -0.1) is 10.2 Å². The highest BCUT2D eigenvalue weighted by molar-refractivity contribution is 7.92. The summed E-state index contributed by atoms with van der Waals surface area (Å²) in [6.07, 6.45) is 1.04. The van der Waals surface area contributed by atoms with Crippen molar-refractivity contribution in [3.63, 3.8) is 0 Å². The van der Waals surface area contributed by atoms with Crippen LogP contribution in [-0.2, 0) is 14.8 Å². The molecular weight excluding hydrogens is 432 g/mol. The smallest absolute Gasteiger partial charge is 0.246 e. The lowest BCUT2D eigenvalue weighted by molar-refractivity contribution is -0.114. The van der Waals surface area contributed by atoms with Crippen molar-refractivity contribution in [3.8, 4) is 10.6 Å². The number of hydrogen-bond donors (Lipinski definition) is 1. The number of nitrogens with zero attached hydrogens (tertiary/aromatic N) is 3. The Labute approximate surface area is 178 Å². The number of anilines is 2. The number of aromatic nitrogens is 2. The summed E-state index contributed by atoms with van der Waals surface area (Å²) in [5.41, 5.74) is 3.06. The lowest BCUT2D eigenvalue weighted by atomic mass is 10.2. The summed E-state index contributed by atoms with van der Waals surface area (Å²) in [7, 11) is -3.71. The number of rotatable bonds is 6. The first kappa shape index (κ1) is 21.2. The molecule has 3 rings (SSSR count). The van der Waals surface area contributed by atoms with E-state index in [1.54, 1.807) is 19.1 Å². The fraction of sp³-hybridized carbons (Fsp3) is 0.211. The summed E-state index contributed by atoms with van der Waals surface area (Å²) >= 11 is 7.22. The van der Waals surface area contributed by atoms with Crippen molar-refractivity contribution in [1.29, 1.82) is 0 Å². The topological polar surface area (TPSA) is 92.3 Å². The van der Waals surface area contributed by atoms with E-state index in [9.17, 15) is 13.2 Å². The first-order valence-electron chi connectivity index (χ1n) is 8.58. The van der Waals surface area contributed by atoms with Gasteiger partial charge in [-0.1, -0.05) is 58.8 Å². The first-order valence-corrected chi connectivity index (χ1v) is 11.6. The molecule has 0 saturated heterocycles. The molecule has 29 heavy (non-hydrogen) atoms. The van der Waals surface area contributed by atoms with Gasteiger partial charge in [-0.05, 0) is 31.5 Å². The lowest BCUT2D eigenvalue weighted by Gasteiger charge is -2.23. The molecule has 1 amide bonds. The van der Waals surface area contributed by atoms with Crippen molar-refractivity contribution in [1.82, 2.24) is 10.2 Å². The van der Waals surface area contributed by atoms with E-state index < -0.39 is 22.5 Å². The molecule has 0 bridgehead atoms. The number of halogens is 1. The molecular formula is C19H19ClN4O3S2. The zero-order valence-electron chi connectivity index (χ0n) is 16.0. The predicted octanol–water partition coefficient (Wildman–Crippen LogP) is 3.88. The third-order valence-electron chi connectivity index (χ3n) is 4.10. The molecule has 7 nitrogen and oxygen atoms in total. The highest BCUT2D eigenvalue weighted by atomic mass is 35.5. The maximum atomic E-state index is 12.5. The number of sulfonamides is 1. The van der Waals surface area contributed by atoms with Gasteiger partial charge in [-0.3, -0.25) is 14.4 Å². The quantitative estimate of drug-likeness (QED) is 0.615. The summed E-state index contributed by atoms with van der Waals surface area (Å²) in [5, 5.41) is 12.0. The van der Waals surface area contributed by atoms with E-state index in [4.69, 9.17) is 11.6 Å². The van der Waals surface area contributed by atoms with Crippen LogP contribution in [0.1, 0.15) is 11.1 Å². The molecule has 1 N–H and O–H groups in total. The number of nitrogens with one attached hydrogen (secondary N) is 1. The molecule has 1 heterocycles. The number of aryl methyl sites for hydroxylation is 2. The average Bonchev–Trinajstić information content (AvgIpc) is 3.10. The molecule has 0 unspecified atom stereocenters. The monoisotopic (exact) mass is 450 g/mol. The molecule has 0 aliphatic heterocycles. The van der Waals surface area contributed by atoms with E-state index >= 15 is 0 Å². The van der Waals surface area contributed by atoms with E-state index in [-0.39, 0.29) is 0 Å². The van der Waals surface area contributed by atoms with E-state index in [1.807, 2.05) is 31.2 Å². The third kappa shape index (κ3) is 5.31. The zero-order valence-corrected chi connectivity index (χ0v) is 18.4. The van der Waals surface area contributed by atoms with Gasteiger partial charge in [0.25, 0.3) is 0 Å². The first-order chi connectivity index (χ1) is 13.6. The molecule has 0 spiro atoms. The predicted molar refractivity (Wildman–Crippen MR) is 117 cm³/mol. The van der Waals surface area contributed by atoms with Crippen molar-refractivity contribution in [2.45, 2.75) is 13.8 Å². The Morgan fingerprint density at radius 3 is 2.48 bits per heavy atom. The molecule has 0 saturated carbocycles. The van der Waals surface area contributed by atoms with E-state index in [2.05, 4.69) is 15.5 Å². The maximum Gasteiger partial charge on any atom is 0.246 e. The van der Waals surface area contributed by atoms with Gasteiger partial charge in [0, 0.05) is 10.6 Å². The van der Waals surface area contributed by atoms with Crippen LogP contribution in [-0.4, -0.2) is 37.3 Å². The lowest BCUT2D eigenvalue weighted by Crippen LogP contribution is -2.37. The number of carbonyl (C=O) groups excluding carboxylic acids is 1. The highest BCUT2D eigenvalue weighted by Gasteiger charge is 2.23. The van der Waals surface area contributed by atoms with Crippen LogP contribution in [0, 0.1) is 13.8 Å². The van der Waals surface area contributed by atoms with Gasteiger partial charge >= 0.3 is 0 Å². The second-order valence-electron chi connectivity index (χ2n) is 6.53. The third-order valence-corrected chi connectivity index (χ3v) is 6.35. The average molecular weight is 451 g/mol. The molecule has 0 aliphatic carbocycles. The molecule has 0 fully saturated rings. The van der Waals surface area contributed by atoms with Crippen molar-refractivity contribution in [3.05, 3.63) is 58.6 Å². The largest absolute Gasteiger partial charge is 0.299 e. The van der Waals surface area contributed by atoms with Gasteiger partial charge in [0.05, 0.1) is 11.9 Å². The van der Waals surface area contributed by atoms with Crippen LogP contribution in [0.3, 0.4) is 0 Å². The molecule has 3 aromatic rings. The van der Waals surface area contributed by atoms with Gasteiger partial charge in [0.2, 0.25) is 21.1 Å². The number of amides is 1. The van der Waals surface area contributed by atoms with Crippen molar-refractivity contribution < 1.29 is 13.2 Å². The minimum absolute atomic E-state index is 0.293. The number of benzene rings is 2. The standard InChI is InChI=1S/C19H19ClN4O3S2/c1-12-4-7-14(8-5-12)18-22-23-19(28-18)21-17(25)11-24(29(3,26)27)16-10-15(20)9-6-13(16)2/h4-10H,11H2,1-3H3,(H,21,23,25). The molecule has 0 aliphatic rings. The van der Waals surface area contributed by atoms with Crippen LogP contribution in [0.4, 0.5) is 10.8 Å². The Balaban J connectivity index is 1.78. The Morgan fingerprint density at radius 1 is 1.14 bits per heavy atom. The minimum atomic E-state index is -3.71. The van der Waals surface area contributed by atoms with Gasteiger partial charge in [0.15, 0.2) is 0 Å². The van der Waals surface area contributed by atoms with Crippen LogP contribution >= 0.6 is 22.9 Å². The van der Waals surface area contributed by atoms with E-state index in [1.165, 1.54) is 17.4 Å². The van der Waals surface area contributed by atoms with Crippen LogP contribution in [0.2, 0.25) is 5.02 Å². The zero-order chi connectivity index (χ0) is 21.2. The van der Waals surface area contributed by atoms with Gasteiger partial charge in [-0.2, -0.15) is 0 Å². The van der Waals surface area contributed by atoms with Crippen LogP contribution < -0.4 is 9.62 Å². The molecule has 152 valence electrons. The molecule has 1 aromatic heterocycles. The number of hydrogen-bond acceptors (Lipinski definition) is 6. The van der Waals surface area contributed by atoms with Gasteiger partial charge < -0.3 is 0 Å². The van der Waals surface area contributed by atoms with Gasteiger partial charge in [-0.25, -0.2) is 8.42 Å². The van der Waals surface area contributed by atoms with Crippen LogP contribution in [0.5, 0.6) is 0 Å². The second-order valence-corrected chi connectivity index (χ2v) is 9.85. The molecule has 0 atom stereocenters. The minimum Gasteiger partial charge on any atom is -0.299 e. The Kier molecular flexibility index (Phi) is 6.21. The van der Waals surface area contributed by atoms with Crippen molar-refractivity contribution in [2.24, 2.45) is 0 Å². The normalized spacial score (nSPS) is 11.3. The summed E-state index contributed by atoms with van der Waals surface area (Å²) in [5.74, 6) is -0.526. The highest BCUT2D eigenvalue weighted by Crippen LogP contribution is 2.28. The van der Waals surface area contributed by atoms with E-state index in [0.29, 0.717) is 26.4 Å². The fourth-order valence-corrected chi connectivity index (χ4v) is 4.45. The number of carbonyl (C=O) groups is 1. The fourth-order valence-electron chi connectivity index (χ4n) is 2.61. The van der Waals surface area contributed by atoms with Crippen molar-refractivity contribution in [2.75, 3.05) is 22.4 Å². The van der Waals surface area contributed by atoms with Crippen LogP contribution in [0.25, 0.3) is 10.6 Å². The van der Waals surface area contributed by atoms with E-state index in [0.717, 1.165) is 21.7 Å². The van der Waals surface area contributed by atoms with Crippen molar-refractivity contribution >= 4 is 49.7 Å². The van der Waals surface area contributed by atoms with Gasteiger partial charge in [0.1, 0.15) is 11.6 Å². The summed E-state index contributed by atoms with van der Waals surface area (Å²) < 4.78 is 25.6. The molecule has 2 aromatic carbocycles. The Hall–Kier alpha value is -2.49. The maximum absolute atomic E-state index is 12.5. The molecule has 0 radical (unpaired) electrons. The molecule has 10 heteroatoms. The van der Waals surface area contributed by atoms with Crippen LogP contribution in [0.15, 0.2) is 42.5 Å². The summed E-state index contributed by atoms with van der Waals surface area (Å²) in [4.78, 5) is 12.5. The summed E-state index contributed by atoms with van der Waals surface area (Å²) in [6.45, 7) is 3.34. The SMILES string of the molecule is Cc1ccc(-c2nnc(NC(=O)CN(c3cc(Cl)ccc3C)S(C)(=O)=O)s2)cc1. The Morgan fingerprint density at radius 2 is 1.83 bits per heavy atom. The summed E-state index contributed by atoms with van der Waals surface area (Å²) in [6, 6.07) is 12.7. The Bertz CT molecular complexity index is 1140. The second kappa shape index (κ2) is 8.48.